The lowest BCUT2D eigenvalue weighted by Gasteiger charge is -2.32. The number of nitrogens with one attached hydrogen (secondary N) is 1. The van der Waals surface area contributed by atoms with Crippen molar-refractivity contribution in [2.75, 3.05) is 11.4 Å². The number of carbonyl (C=O) groups is 1. The third-order valence-electron chi connectivity index (χ3n) is 3.60. The Morgan fingerprint density at radius 1 is 1.37 bits per heavy atom. The van der Waals surface area contributed by atoms with Crippen LogP contribution in [0.4, 0.5) is 5.69 Å². The van der Waals surface area contributed by atoms with Gasteiger partial charge in [-0.2, -0.15) is 5.26 Å². The summed E-state index contributed by atoms with van der Waals surface area (Å²) in [5, 5.41) is 12.1. The Labute approximate surface area is 114 Å². The zero-order valence-electron chi connectivity index (χ0n) is 11.6. The Bertz CT molecular complexity index is 513. The van der Waals surface area contributed by atoms with Gasteiger partial charge in [0.25, 0.3) is 0 Å². The van der Waals surface area contributed by atoms with E-state index < -0.39 is 5.54 Å². The van der Waals surface area contributed by atoms with Crippen LogP contribution in [0.3, 0.4) is 0 Å². The normalized spacial score (nSPS) is 22.7. The van der Waals surface area contributed by atoms with Crippen LogP contribution in [0, 0.1) is 11.3 Å². The summed E-state index contributed by atoms with van der Waals surface area (Å²) >= 11 is 0. The van der Waals surface area contributed by atoms with Crippen molar-refractivity contribution in [3.05, 3.63) is 29.8 Å². The molecule has 1 atom stereocenters. The highest BCUT2D eigenvalue weighted by atomic mass is 16.2. The first-order valence-electron chi connectivity index (χ1n) is 6.54. The molecular formula is C15H19N3O. The largest absolute Gasteiger partial charge is 0.308 e. The molecule has 1 aromatic carbocycles. The minimum Gasteiger partial charge on any atom is -0.308 e. The summed E-state index contributed by atoms with van der Waals surface area (Å²) < 4.78 is 0. The second kappa shape index (κ2) is 5.02. The lowest BCUT2D eigenvalue weighted by molar-refractivity contribution is -0.123. The van der Waals surface area contributed by atoms with Gasteiger partial charge in [0.15, 0.2) is 0 Å². The van der Waals surface area contributed by atoms with Gasteiger partial charge in [-0.3, -0.25) is 4.79 Å². The van der Waals surface area contributed by atoms with Crippen LogP contribution in [-0.4, -0.2) is 24.0 Å². The van der Waals surface area contributed by atoms with E-state index in [9.17, 15) is 4.79 Å². The SMILES string of the molecule is CC1CCNC(C)(C)C(=O)N1c1ccc(C#N)cc1. The van der Waals surface area contributed by atoms with E-state index in [-0.39, 0.29) is 11.9 Å². The van der Waals surface area contributed by atoms with Gasteiger partial charge in [-0.05, 0) is 58.0 Å². The molecule has 4 nitrogen and oxygen atoms in total. The fraction of sp³-hybridized carbons (Fsp3) is 0.467. The van der Waals surface area contributed by atoms with Gasteiger partial charge in [0.1, 0.15) is 0 Å². The molecule has 0 bridgehead atoms. The minimum atomic E-state index is -0.557. The fourth-order valence-corrected chi connectivity index (χ4v) is 2.37. The van der Waals surface area contributed by atoms with Crippen molar-refractivity contribution in [2.45, 2.75) is 38.8 Å². The molecule has 0 aliphatic carbocycles. The molecule has 1 amide bonds. The first kappa shape index (κ1) is 13.6. The average molecular weight is 257 g/mol. The van der Waals surface area contributed by atoms with Crippen LogP contribution in [0.2, 0.25) is 0 Å². The first-order chi connectivity index (χ1) is 8.95. The van der Waals surface area contributed by atoms with Crippen molar-refractivity contribution in [2.24, 2.45) is 0 Å². The molecule has 1 heterocycles. The van der Waals surface area contributed by atoms with E-state index >= 15 is 0 Å². The number of nitrogens with zero attached hydrogens (tertiary/aromatic N) is 2. The third-order valence-corrected chi connectivity index (χ3v) is 3.60. The van der Waals surface area contributed by atoms with Gasteiger partial charge in [0, 0.05) is 11.7 Å². The van der Waals surface area contributed by atoms with Crippen LogP contribution in [-0.2, 0) is 4.79 Å². The molecule has 1 N–H and O–H groups in total. The van der Waals surface area contributed by atoms with E-state index in [0.717, 1.165) is 18.7 Å². The summed E-state index contributed by atoms with van der Waals surface area (Å²) in [5.74, 6) is 0.0715. The molecule has 1 aliphatic heterocycles. The summed E-state index contributed by atoms with van der Waals surface area (Å²) in [7, 11) is 0. The van der Waals surface area contributed by atoms with Gasteiger partial charge in [-0.1, -0.05) is 0 Å². The number of hydrogen-bond donors (Lipinski definition) is 1. The number of hydrogen-bond acceptors (Lipinski definition) is 3. The van der Waals surface area contributed by atoms with E-state index in [1.807, 2.05) is 30.9 Å². The zero-order chi connectivity index (χ0) is 14.0. The van der Waals surface area contributed by atoms with E-state index in [1.165, 1.54) is 0 Å². The molecule has 1 aliphatic rings. The number of nitriles is 1. The van der Waals surface area contributed by atoms with Gasteiger partial charge < -0.3 is 10.2 Å². The molecule has 1 unspecified atom stereocenters. The smallest absolute Gasteiger partial charge is 0.246 e. The molecule has 100 valence electrons. The average Bonchev–Trinajstić information content (AvgIpc) is 2.48. The quantitative estimate of drug-likeness (QED) is 0.837. The van der Waals surface area contributed by atoms with Crippen LogP contribution in [0.15, 0.2) is 24.3 Å². The van der Waals surface area contributed by atoms with E-state index in [1.54, 1.807) is 12.1 Å². The number of rotatable bonds is 1. The van der Waals surface area contributed by atoms with Crippen LogP contribution in [0.1, 0.15) is 32.8 Å². The molecule has 1 aromatic rings. The molecular weight excluding hydrogens is 238 g/mol. The van der Waals surface area contributed by atoms with Crippen LogP contribution >= 0.6 is 0 Å². The van der Waals surface area contributed by atoms with Crippen LogP contribution in [0.25, 0.3) is 0 Å². The second-order valence-electron chi connectivity index (χ2n) is 5.52. The zero-order valence-corrected chi connectivity index (χ0v) is 11.6. The maximum Gasteiger partial charge on any atom is 0.246 e. The Morgan fingerprint density at radius 2 is 2.00 bits per heavy atom. The predicted octanol–water partition coefficient (Wildman–Crippen LogP) is 2.05. The summed E-state index contributed by atoms with van der Waals surface area (Å²) in [6, 6.07) is 9.42. The standard InChI is InChI=1S/C15H19N3O/c1-11-8-9-17-15(2,3)14(19)18(11)13-6-4-12(10-16)5-7-13/h4-7,11,17H,8-9H2,1-3H3. The number of carbonyl (C=O) groups excluding carboxylic acids is 1. The van der Waals surface area contributed by atoms with Gasteiger partial charge in [-0.25, -0.2) is 0 Å². The van der Waals surface area contributed by atoms with Crippen LogP contribution in [0.5, 0.6) is 0 Å². The molecule has 0 radical (unpaired) electrons. The van der Waals surface area contributed by atoms with Gasteiger partial charge in [0.2, 0.25) is 5.91 Å². The predicted molar refractivity (Wildman–Crippen MR) is 74.8 cm³/mol. The van der Waals surface area contributed by atoms with Crippen molar-refractivity contribution < 1.29 is 4.79 Å². The minimum absolute atomic E-state index is 0.0715. The Morgan fingerprint density at radius 3 is 2.58 bits per heavy atom. The second-order valence-corrected chi connectivity index (χ2v) is 5.52. The van der Waals surface area contributed by atoms with Gasteiger partial charge in [0.05, 0.1) is 17.2 Å². The van der Waals surface area contributed by atoms with Crippen molar-refractivity contribution in [1.29, 1.82) is 5.26 Å². The molecule has 19 heavy (non-hydrogen) atoms. The lowest BCUT2D eigenvalue weighted by atomic mass is 10.0. The molecule has 1 saturated heterocycles. The van der Waals surface area contributed by atoms with Crippen LogP contribution < -0.4 is 10.2 Å². The summed E-state index contributed by atoms with van der Waals surface area (Å²) in [6.45, 7) is 6.69. The summed E-state index contributed by atoms with van der Waals surface area (Å²) in [4.78, 5) is 14.5. The molecule has 0 aromatic heterocycles. The van der Waals surface area contributed by atoms with Gasteiger partial charge >= 0.3 is 0 Å². The number of benzene rings is 1. The maximum atomic E-state index is 12.6. The van der Waals surface area contributed by atoms with Crippen molar-refractivity contribution in [3.8, 4) is 6.07 Å². The molecule has 4 heteroatoms. The molecule has 2 rings (SSSR count). The Hall–Kier alpha value is -1.86. The molecule has 0 spiro atoms. The van der Waals surface area contributed by atoms with E-state index in [0.29, 0.717) is 5.56 Å². The van der Waals surface area contributed by atoms with Crippen molar-refractivity contribution in [3.63, 3.8) is 0 Å². The molecule has 1 fully saturated rings. The van der Waals surface area contributed by atoms with E-state index in [2.05, 4.69) is 18.3 Å². The third kappa shape index (κ3) is 2.61. The first-order valence-corrected chi connectivity index (χ1v) is 6.54. The Balaban J connectivity index is 2.38. The molecule has 0 saturated carbocycles. The van der Waals surface area contributed by atoms with Gasteiger partial charge in [-0.15, -0.1) is 0 Å². The van der Waals surface area contributed by atoms with Crippen molar-refractivity contribution >= 4 is 11.6 Å². The lowest BCUT2D eigenvalue weighted by Crippen LogP contribution is -2.53. The highest BCUT2D eigenvalue weighted by Crippen LogP contribution is 2.25. The summed E-state index contributed by atoms with van der Waals surface area (Å²) in [5.41, 5.74) is 0.905. The maximum absolute atomic E-state index is 12.6. The highest BCUT2D eigenvalue weighted by molar-refractivity contribution is 6.00. The van der Waals surface area contributed by atoms with Crippen molar-refractivity contribution in [1.82, 2.24) is 5.32 Å². The topological polar surface area (TPSA) is 56.1 Å². The highest BCUT2D eigenvalue weighted by Gasteiger charge is 2.37. The summed E-state index contributed by atoms with van der Waals surface area (Å²) in [6.07, 6.45) is 0.912. The Kier molecular flexibility index (Phi) is 3.59. The number of amides is 1. The van der Waals surface area contributed by atoms with E-state index in [4.69, 9.17) is 5.26 Å². The monoisotopic (exact) mass is 257 g/mol. The fourth-order valence-electron chi connectivity index (χ4n) is 2.37. The number of anilines is 1.